The lowest BCUT2D eigenvalue weighted by Crippen LogP contribution is -2.17. The fourth-order valence-electron chi connectivity index (χ4n) is 1.62. The summed E-state index contributed by atoms with van der Waals surface area (Å²) in [5.41, 5.74) is 0.216. The molecule has 2 heterocycles. The average Bonchev–Trinajstić information content (AvgIpc) is 3.26. The van der Waals surface area contributed by atoms with Crippen LogP contribution in [-0.2, 0) is 0 Å². The van der Waals surface area contributed by atoms with E-state index < -0.39 is 5.91 Å². The fraction of sp³-hybridized carbons (Fsp3) is 0.231. The van der Waals surface area contributed by atoms with Crippen molar-refractivity contribution in [1.82, 2.24) is 15.0 Å². The quantitative estimate of drug-likeness (QED) is 0.896. The van der Waals surface area contributed by atoms with Gasteiger partial charge in [0.15, 0.2) is 21.9 Å². The highest BCUT2D eigenvalue weighted by Gasteiger charge is 2.26. The summed E-state index contributed by atoms with van der Waals surface area (Å²) >= 11 is 8.90. The molecule has 0 atom stereocenters. The van der Waals surface area contributed by atoms with Gasteiger partial charge < -0.3 is 10.1 Å². The number of amides is 1. The van der Waals surface area contributed by atoms with Gasteiger partial charge in [-0.15, -0.1) is 0 Å². The van der Waals surface area contributed by atoms with Gasteiger partial charge >= 0.3 is 0 Å². The lowest BCUT2D eigenvalue weighted by molar-refractivity contribution is 0.101. The number of carbonyl (C=O) groups excluding carboxylic acids is 1. The van der Waals surface area contributed by atoms with Crippen LogP contribution in [0.2, 0.25) is 5.15 Å². The van der Waals surface area contributed by atoms with E-state index in [9.17, 15) is 4.79 Å². The molecule has 1 aliphatic rings. The third-order valence-electron chi connectivity index (χ3n) is 2.74. The number of pyridine rings is 1. The summed E-state index contributed by atoms with van der Waals surface area (Å²) in [4.78, 5) is 24.3. The molecule has 8 heteroatoms. The molecule has 1 saturated carbocycles. The summed E-state index contributed by atoms with van der Waals surface area (Å²) in [5.74, 6) is 0.326. The predicted molar refractivity (Wildman–Crippen MR) is 80.6 cm³/mol. The van der Waals surface area contributed by atoms with Crippen LogP contribution in [0.15, 0.2) is 29.1 Å². The molecule has 0 aliphatic heterocycles. The maximum absolute atomic E-state index is 12.3. The molecule has 1 N–H and O–H groups in total. The van der Waals surface area contributed by atoms with Crippen LogP contribution in [0.4, 0.5) is 5.82 Å². The molecule has 2 aromatic rings. The van der Waals surface area contributed by atoms with Gasteiger partial charge in [0, 0.05) is 6.20 Å². The lowest BCUT2D eigenvalue weighted by Gasteiger charge is -2.10. The Balaban J connectivity index is 1.81. The Hall–Kier alpha value is -1.73. The molecule has 0 saturated heterocycles. The van der Waals surface area contributed by atoms with Gasteiger partial charge in [0.1, 0.15) is 5.15 Å². The number of hydrogen-bond acceptors (Lipinski definition) is 5. The van der Waals surface area contributed by atoms with Crippen LogP contribution in [0.3, 0.4) is 0 Å². The van der Waals surface area contributed by atoms with Gasteiger partial charge in [-0.25, -0.2) is 15.0 Å². The minimum atomic E-state index is -0.413. The minimum Gasteiger partial charge on any atom is -0.488 e. The Morgan fingerprint density at radius 2 is 2.24 bits per heavy atom. The highest BCUT2D eigenvalue weighted by molar-refractivity contribution is 9.10. The van der Waals surface area contributed by atoms with Gasteiger partial charge in [0.25, 0.3) is 5.91 Å². The number of aromatic nitrogens is 3. The van der Waals surface area contributed by atoms with E-state index in [4.69, 9.17) is 16.3 Å². The van der Waals surface area contributed by atoms with Crippen LogP contribution in [0.1, 0.15) is 23.3 Å². The summed E-state index contributed by atoms with van der Waals surface area (Å²) in [5, 5.41) is 2.86. The Morgan fingerprint density at radius 3 is 2.95 bits per heavy atom. The third kappa shape index (κ3) is 3.48. The van der Waals surface area contributed by atoms with Crippen molar-refractivity contribution in [3.63, 3.8) is 0 Å². The zero-order valence-electron chi connectivity index (χ0n) is 10.7. The summed E-state index contributed by atoms with van der Waals surface area (Å²) in [6, 6.07) is 3.45. The number of hydrogen-bond donors (Lipinski definition) is 1. The van der Waals surface area contributed by atoms with Crippen LogP contribution in [0.5, 0.6) is 5.75 Å². The largest absolute Gasteiger partial charge is 0.488 e. The Morgan fingerprint density at radius 1 is 1.43 bits per heavy atom. The van der Waals surface area contributed by atoms with Crippen LogP contribution in [0, 0.1) is 0 Å². The monoisotopic (exact) mass is 368 g/mol. The predicted octanol–water partition coefficient (Wildman–Crippen LogP) is 3.08. The summed E-state index contributed by atoms with van der Waals surface area (Å²) in [7, 11) is 0. The Bertz CT molecular complexity index is 694. The highest BCUT2D eigenvalue weighted by atomic mass is 79.9. The van der Waals surface area contributed by atoms with Gasteiger partial charge in [0.05, 0.1) is 12.3 Å². The normalized spacial score (nSPS) is 13.8. The van der Waals surface area contributed by atoms with Gasteiger partial charge in [-0.2, -0.15) is 0 Å². The van der Waals surface area contributed by atoms with Crippen molar-refractivity contribution in [3.8, 4) is 5.75 Å². The molecule has 1 amide bonds. The third-order valence-corrected chi connectivity index (χ3v) is 3.47. The number of halogens is 2. The van der Waals surface area contributed by atoms with E-state index >= 15 is 0 Å². The molecule has 0 unspecified atom stereocenters. The second kappa shape index (κ2) is 5.95. The maximum Gasteiger partial charge on any atom is 0.279 e. The van der Waals surface area contributed by atoms with E-state index in [1.807, 2.05) is 0 Å². The highest BCUT2D eigenvalue weighted by Crippen LogP contribution is 2.28. The molecule has 0 radical (unpaired) electrons. The molecule has 0 bridgehead atoms. The van der Waals surface area contributed by atoms with E-state index in [0.29, 0.717) is 10.4 Å². The van der Waals surface area contributed by atoms with Crippen molar-refractivity contribution in [1.29, 1.82) is 0 Å². The van der Waals surface area contributed by atoms with Gasteiger partial charge in [0.2, 0.25) is 0 Å². The van der Waals surface area contributed by atoms with Crippen molar-refractivity contribution in [2.45, 2.75) is 18.9 Å². The second-order valence-corrected chi connectivity index (χ2v) is 5.59. The number of ether oxygens (including phenoxy) is 1. The van der Waals surface area contributed by atoms with E-state index in [1.165, 1.54) is 12.4 Å². The number of carbonyl (C=O) groups is 1. The molecule has 108 valence electrons. The summed E-state index contributed by atoms with van der Waals surface area (Å²) in [6.07, 6.45) is 5.08. The first-order valence-electron chi connectivity index (χ1n) is 6.24. The van der Waals surface area contributed by atoms with E-state index in [1.54, 1.807) is 12.1 Å². The molecule has 1 aliphatic carbocycles. The molecule has 0 spiro atoms. The van der Waals surface area contributed by atoms with Gasteiger partial charge in [-0.3, -0.25) is 4.79 Å². The lowest BCUT2D eigenvalue weighted by atomic mass is 10.3. The van der Waals surface area contributed by atoms with Crippen molar-refractivity contribution < 1.29 is 9.53 Å². The molecule has 6 nitrogen and oxygen atoms in total. The maximum atomic E-state index is 12.3. The fourth-order valence-corrected chi connectivity index (χ4v) is 2.25. The first-order valence-corrected chi connectivity index (χ1v) is 7.41. The van der Waals surface area contributed by atoms with Crippen molar-refractivity contribution in [3.05, 3.63) is 40.0 Å². The van der Waals surface area contributed by atoms with Crippen molar-refractivity contribution >= 4 is 39.3 Å². The topological polar surface area (TPSA) is 77.0 Å². The van der Waals surface area contributed by atoms with E-state index in [0.717, 1.165) is 12.8 Å². The zero-order chi connectivity index (χ0) is 14.8. The number of anilines is 1. The Kier molecular flexibility index (Phi) is 4.03. The average molecular weight is 370 g/mol. The molecule has 0 aromatic carbocycles. The summed E-state index contributed by atoms with van der Waals surface area (Å²) < 4.78 is 6.02. The molecule has 3 rings (SSSR count). The van der Waals surface area contributed by atoms with Crippen LogP contribution >= 0.6 is 27.5 Å². The smallest absolute Gasteiger partial charge is 0.279 e. The first-order chi connectivity index (χ1) is 10.1. The van der Waals surface area contributed by atoms with Gasteiger partial charge in [-0.05, 0) is 40.9 Å². The molecule has 1 fully saturated rings. The van der Waals surface area contributed by atoms with Crippen molar-refractivity contribution in [2.75, 3.05) is 5.32 Å². The van der Waals surface area contributed by atoms with E-state index in [2.05, 4.69) is 36.2 Å². The molecule has 21 heavy (non-hydrogen) atoms. The Labute approximate surface area is 134 Å². The van der Waals surface area contributed by atoms with Crippen LogP contribution in [-0.4, -0.2) is 27.0 Å². The van der Waals surface area contributed by atoms with Crippen LogP contribution < -0.4 is 10.1 Å². The van der Waals surface area contributed by atoms with Crippen LogP contribution in [0.25, 0.3) is 0 Å². The zero-order valence-corrected chi connectivity index (χ0v) is 13.1. The molecular weight excluding hydrogens is 360 g/mol. The number of rotatable bonds is 4. The SMILES string of the molecule is O=C(Nc1ncc(Cl)nc1Br)c1ncccc1OC1CC1. The standard InChI is InChI=1S/C13H10BrClN4O2/c14-11-12(17-6-9(15)18-11)19-13(20)10-8(2-1-5-16-10)21-7-3-4-7/h1-2,5-7H,3-4H2,(H,17,19,20). The molecular formula is C13H10BrClN4O2. The first kappa shape index (κ1) is 14.2. The number of nitrogens with zero attached hydrogens (tertiary/aromatic N) is 3. The van der Waals surface area contributed by atoms with Gasteiger partial charge in [-0.1, -0.05) is 11.6 Å². The number of nitrogens with one attached hydrogen (secondary N) is 1. The minimum absolute atomic E-state index is 0.183. The second-order valence-electron chi connectivity index (χ2n) is 4.45. The summed E-state index contributed by atoms with van der Waals surface area (Å²) in [6.45, 7) is 0. The van der Waals surface area contributed by atoms with E-state index in [-0.39, 0.29) is 22.8 Å². The molecule has 2 aromatic heterocycles. The van der Waals surface area contributed by atoms with Crippen molar-refractivity contribution in [2.24, 2.45) is 0 Å².